The molecule has 1 aromatic heterocycles. The zero-order chi connectivity index (χ0) is 12.5. The van der Waals surface area contributed by atoms with E-state index in [1.807, 2.05) is 0 Å². The molecule has 0 saturated carbocycles. The van der Waals surface area contributed by atoms with Crippen LogP contribution in [0.15, 0.2) is 0 Å². The van der Waals surface area contributed by atoms with Gasteiger partial charge in [-0.1, -0.05) is 6.92 Å². The van der Waals surface area contributed by atoms with E-state index in [2.05, 4.69) is 5.10 Å². The smallest absolute Gasteiger partial charge is 0.339 e. The molecule has 1 atom stereocenters. The van der Waals surface area contributed by atoms with Crippen molar-refractivity contribution in [2.24, 2.45) is 5.73 Å². The molecule has 1 aromatic rings. The molecule has 0 aliphatic carbocycles. The van der Waals surface area contributed by atoms with Crippen LogP contribution in [0, 0.1) is 13.8 Å². The van der Waals surface area contributed by atoms with E-state index < -0.39 is 17.9 Å². The molecule has 0 radical (unpaired) electrons. The van der Waals surface area contributed by atoms with Crippen molar-refractivity contribution in [3.05, 3.63) is 17.0 Å². The van der Waals surface area contributed by atoms with Gasteiger partial charge < -0.3 is 10.8 Å². The Labute approximate surface area is 93.1 Å². The third-order valence-electron chi connectivity index (χ3n) is 2.55. The number of aryl methyl sites for hydroxylation is 1. The molecule has 0 bridgehead atoms. The number of primary amides is 1. The van der Waals surface area contributed by atoms with Crippen molar-refractivity contribution in [1.29, 1.82) is 0 Å². The number of rotatable bonds is 4. The monoisotopic (exact) mass is 225 g/mol. The molecule has 0 aliphatic rings. The highest BCUT2D eigenvalue weighted by molar-refractivity contribution is 5.90. The number of carbonyl (C=O) groups is 2. The molecule has 1 rings (SSSR count). The number of carboxylic acid groups (broad SMARTS) is 1. The quantitative estimate of drug-likeness (QED) is 0.785. The molecule has 3 N–H and O–H groups in total. The van der Waals surface area contributed by atoms with Gasteiger partial charge >= 0.3 is 5.97 Å². The molecule has 0 spiro atoms. The zero-order valence-electron chi connectivity index (χ0n) is 9.52. The van der Waals surface area contributed by atoms with E-state index in [-0.39, 0.29) is 5.56 Å². The van der Waals surface area contributed by atoms with Crippen molar-refractivity contribution in [3.8, 4) is 0 Å². The van der Waals surface area contributed by atoms with Gasteiger partial charge in [0.25, 0.3) is 0 Å². The number of carbonyl (C=O) groups excluding carboxylic acids is 1. The number of nitrogens with zero attached hydrogens (tertiary/aromatic N) is 2. The molecule has 0 fully saturated rings. The largest absolute Gasteiger partial charge is 0.478 e. The number of nitrogens with two attached hydrogens (primary N) is 1. The lowest BCUT2D eigenvalue weighted by Crippen LogP contribution is -2.27. The summed E-state index contributed by atoms with van der Waals surface area (Å²) in [5.74, 6) is -1.55. The maximum atomic E-state index is 11.2. The molecule has 1 amide bonds. The number of amides is 1. The molecule has 6 heteroatoms. The fraction of sp³-hybridized carbons (Fsp3) is 0.500. The van der Waals surface area contributed by atoms with Gasteiger partial charge in [0.2, 0.25) is 5.91 Å². The summed E-state index contributed by atoms with van der Waals surface area (Å²) in [5, 5.41) is 13.0. The number of carboxylic acids is 1. The Morgan fingerprint density at radius 2 is 2.06 bits per heavy atom. The number of aromatic nitrogens is 2. The van der Waals surface area contributed by atoms with Crippen molar-refractivity contribution in [1.82, 2.24) is 9.78 Å². The second-order valence-electron chi connectivity index (χ2n) is 3.62. The molecular weight excluding hydrogens is 210 g/mol. The van der Waals surface area contributed by atoms with Crippen molar-refractivity contribution >= 4 is 11.9 Å². The van der Waals surface area contributed by atoms with Gasteiger partial charge in [0, 0.05) is 0 Å². The molecule has 6 nitrogen and oxygen atoms in total. The van der Waals surface area contributed by atoms with Crippen LogP contribution < -0.4 is 5.73 Å². The van der Waals surface area contributed by atoms with Gasteiger partial charge in [-0.15, -0.1) is 0 Å². The second-order valence-corrected chi connectivity index (χ2v) is 3.62. The SMILES string of the molecule is CCC(C(N)=O)n1nc(C)c(C(=O)O)c1C. The minimum atomic E-state index is -1.04. The molecule has 1 heterocycles. The molecule has 16 heavy (non-hydrogen) atoms. The Hall–Kier alpha value is -1.85. The Morgan fingerprint density at radius 3 is 2.38 bits per heavy atom. The number of aromatic carboxylic acids is 1. The minimum absolute atomic E-state index is 0.139. The summed E-state index contributed by atoms with van der Waals surface area (Å²) < 4.78 is 1.39. The summed E-state index contributed by atoms with van der Waals surface area (Å²) in [6.07, 6.45) is 0.482. The molecule has 0 aromatic carbocycles. The summed E-state index contributed by atoms with van der Waals surface area (Å²) in [6, 6.07) is -0.591. The highest BCUT2D eigenvalue weighted by atomic mass is 16.4. The summed E-state index contributed by atoms with van der Waals surface area (Å²) >= 11 is 0. The van der Waals surface area contributed by atoms with Crippen molar-refractivity contribution in [2.45, 2.75) is 33.2 Å². The minimum Gasteiger partial charge on any atom is -0.478 e. The van der Waals surface area contributed by atoms with E-state index >= 15 is 0 Å². The van der Waals surface area contributed by atoms with Gasteiger partial charge in [-0.05, 0) is 20.3 Å². The van der Waals surface area contributed by atoms with E-state index in [1.165, 1.54) is 4.68 Å². The summed E-state index contributed by atoms with van der Waals surface area (Å²) in [4.78, 5) is 22.2. The summed E-state index contributed by atoms with van der Waals surface area (Å²) in [5.41, 5.74) is 6.22. The molecule has 0 saturated heterocycles. The van der Waals surface area contributed by atoms with Crippen LogP contribution in [0.3, 0.4) is 0 Å². The second kappa shape index (κ2) is 4.34. The Balaban J connectivity index is 3.31. The summed E-state index contributed by atoms with van der Waals surface area (Å²) in [7, 11) is 0. The maximum absolute atomic E-state index is 11.2. The van der Waals surface area contributed by atoms with Crippen LogP contribution in [0.2, 0.25) is 0 Å². The first-order valence-electron chi connectivity index (χ1n) is 4.98. The third kappa shape index (κ3) is 1.91. The van der Waals surface area contributed by atoms with Crippen LogP contribution in [0.5, 0.6) is 0 Å². The van der Waals surface area contributed by atoms with Crippen molar-refractivity contribution in [3.63, 3.8) is 0 Å². The Bertz CT molecular complexity index is 437. The number of hydrogen-bond donors (Lipinski definition) is 2. The summed E-state index contributed by atoms with van der Waals surface area (Å²) in [6.45, 7) is 5.02. The van der Waals surface area contributed by atoms with Crippen molar-refractivity contribution < 1.29 is 14.7 Å². The van der Waals surface area contributed by atoms with E-state index in [0.717, 1.165) is 0 Å². The fourth-order valence-corrected chi connectivity index (χ4v) is 1.77. The van der Waals surface area contributed by atoms with Gasteiger partial charge in [-0.25, -0.2) is 4.79 Å². The average molecular weight is 225 g/mol. The lowest BCUT2D eigenvalue weighted by molar-refractivity contribution is -0.121. The van der Waals surface area contributed by atoms with Gasteiger partial charge in [-0.2, -0.15) is 5.10 Å². The van der Waals surface area contributed by atoms with Crippen LogP contribution in [0.1, 0.15) is 41.1 Å². The lowest BCUT2D eigenvalue weighted by Gasteiger charge is -2.13. The predicted molar refractivity (Wildman–Crippen MR) is 57.2 cm³/mol. The van der Waals surface area contributed by atoms with Crippen LogP contribution in [-0.4, -0.2) is 26.8 Å². The van der Waals surface area contributed by atoms with Crippen LogP contribution in [0.4, 0.5) is 0 Å². The first-order chi connectivity index (χ1) is 7.40. The maximum Gasteiger partial charge on any atom is 0.339 e. The predicted octanol–water partition coefficient (Wildman–Crippen LogP) is 0.635. The average Bonchev–Trinajstić information content (AvgIpc) is 2.42. The highest BCUT2D eigenvalue weighted by Crippen LogP contribution is 2.19. The van der Waals surface area contributed by atoms with Gasteiger partial charge in [0.15, 0.2) is 0 Å². The first kappa shape index (κ1) is 12.2. The van der Waals surface area contributed by atoms with Gasteiger partial charge in [-0.3, -0.25) is 9.48 Å². The van der Waals surface area contributed by atoms with Crippen LogP contribution in [-0.2, 0) is 4.79 Å². The third-order valence-corrected chi connectivity index (χ3v) is 2.55. The normalized spacial score (nSPS) is 12.4. The van der Waals surface area contributed by atoms with E-state index in [0.29, 0.717) is 17.8 Å². The lowest BCUT2D eigenvalue weighted by atomic mass is 10.2. The van der Waals surface area contributed by atoms with Gasteiger partial charge in [0.1, 0.15) is 11.6 Å². The first-order valence-corrected chi connectivity index (χ1v) is 4.98. The van der Waals surface area contributed by atoms with Crippen LogP contribution >= 0.6 is 0 Å². The Kier molecular flexibility index (Phi) is 3.31. The van der Waals surface area contributed by atoms with Gasteiger partial charge in [0.05, 0.1) is 11.4 Å². The number of hydrogen-bond acceptors (Lipinski definition) is 3. The fourth-order valence-electron chi connectivity index (χ4n) is 1.77. The standard InChI is InChI=1S/C10H15N3O3/c1-4-7(9(11)14)13-6(3)8(10(15)16)5(2)12-13/h7H,4H2,1-3H3,(H2,11,14)(H,15,16). The van der Waals surface area contributed by atoms with E-state index in [1.54, 1.807) is 20.8 Å². The molecular formula is C10H15N3O3. The molecule has 1 unspecified atom stereocenters. The van der Waals surface area contributed by atoms with E-state index in [4.69, 9.17) is 10.8 Å². The molecule has 88 valence electrons. The van der Waals surface area contributed by atoms with Crippen LogP contribution in [0.25, 0.3) is 0 Å². The molecule has 0 aliphatic heterocycles. The van der Waals surface area contributed by atoms with Crippen molar-refractivity contribution in [2.75, 3.05) is 0 Å². The highest BCUT2D eigenvalue weighted by Gasteiger charge is 2.24. The Morgan fingerprint density at radius 1 is 1.50 bits per heavy atom. The topological polar surface area (TPSA) is 98.2 Å². The zero-order valence-corrected chi connectivity index (χ0v) is 9.52. The van der Waals surface area contributed by atoms with E-state index in [9.17, 15) is 9.59 Å².